The Morgan fingerprint density at radius 2 is 1.88 bits per heavy atom. The van der Waals surface area contributed by atoms with Gasteiger partial charge in [0.2, 0.25) is 0 Å². The Morgan fingerprint density at radius 1 is 1.17 bits per heavy atom. The molecule has 5 N–H and O–H groups in total. The molecule has 1 saturated heterocycles. The molecule has 2 aliphatic heterocycles. The molecule has 1 fully saturated rings. The number of carbonyl (C=O) groups excluding carboxylic acids is 3. The van der Waals surface area contributed by atoms with E-state index in [1.54, 1.807) is 12.1 Å². The van der Waals surface area contributed by atoms with Crippen LogP contribution in [0.1, 0.15) is 50.2 Å². The number of esters is 2. The predicted molar refractivity (Wildman–Crippen MR) is 139 cm³/mol. The van der Waals surface area contributed by atoms with Gasteiger partial charge in [0.05, 0.1) is 30.3 Å². The Morgan fingerprint density at radius 3 is 2.57 bits per heavy atom. The number of phenols is 1. The molecule has 14 nitrogen and oxygen atoms in total. The molecule has 0 saturated carbocycles. The molecule has 2 aliphatic carbocycles. The van der Waals surface area contributed by atoms with Gasteiger partial charge in [-0.25, -0.2) is 4.79 Å². The Bertz CT molecular complexity index is 1390. The second-order valence-electron chi connectivity index (χ2n) is 11.2. The number of benzene rings is 1. The van der Waals surface area contributed by atoms with Gasteiger partial charge in [0, 0.05) is 18.0 Å². The van der Waals surface area contributed by atoms with Crippen molar-refractivity contribution in [3.8, 4) is 11.5 Å². The maximum Gasteiger partial charge on any atom is 0.326 e. The molecular weight excluding hydrogens is 556 g/mol. The topological polar surface area (TPSA) is 209 Å². The monoisotopic (exact) mass is 588 g/mol. The average Bonchev–Trinajstić information content (AvgIpc) is 3.28. The number of hydrogen-bond acceptors (Lipinski definition) is 11. The number of piperidine rings is 1. The van der Waals surface area contributed by atoms with E-state index in [-0.39, 0.29) is 29.7 Å². The second-order valence-corrected chi connectivity index (χ2v) is 11.2. The van der Waals surface area contributed by atoms with Gasteiger partial charge in [0.25, 0.3) is 5.91 Å². The number of nitrogens with one attached hydrogen (secondary N) is 1. The van der Waals surface area contributed by atoms with Crippen LogP contribution in [0, 0.1) is 0 Å². The van der Waals surface area contributed by atoms with E-state index < -0.39 is 78.3 Å². The summed E-state index contributed by atoms with van der Waals surface area (Å²) >= 11 is 0. The molecule has 4 aliphatic rings. The highest BCUT2D eigenvalue weighted by molar-refractivity contribution is 5.90. The van der Waals surface area contributed by atoms with Gasteiger partial charge in [-0.3, -0.25) is 19.2 Å². The van der Waals surface area contributed by atoms with Crippen LogP contribution in [0.5, 0.6) is 11.5 Å². The number of amides is 1. The first-order valence-corrected chi connectivity index (χ1v) is 13.6. The number of rotatable bonds is 10. The molecule has 14 heteroatoms. The molecule has 226 valence electrons. The number of aliphatic carboxylic acids is 2. The van der Waals surface area contributed by atoms with Crippen molar-refractivity contribution in [2.24, 2.45) is 0 Å². The van der Waals surface area contributed by atoms with Crippen LogP contribution in [0.4, 0.5) is 0 Å². The van der Waals surface area contributed by atoms with Gasteiger partial charge in [0.1, 0.15) is 11.8 Å². The van der Waals surface area contributed by atoms with Crippen molar-refractivity contribution in [1.29, 1.82) is 0 Å². The molecule has 42 heavy (non-hydrogen) atoms. The Balaban J connectivity index is 1.23. The van der Waals surface area contributed by atoms with Crippen LogP contribution >= 0.6 is 0 Å². The van der Waals surface area contributed by atoms with Crippen LogP contribution in [-0.2, 0) is 45.3 Å². The van der Waals surface area contributed by atoms with Crippen LogP contribution in [-0.4, -0.2) is 98.6 Å². The second kappa shape index (κ2) is 10.6. The first-order chi connectivity index (χ1) is 19.8. The van der Waals surface area contributed by atoms with E-state index in [0.717, 1.165) is 11.1 Å². The summed E-state index contributed by atoms with van der Waals surface area (Å²) in [5, 5.41) is 42.6. The summed E-state index contributed by atoms with van der Waals surface area (Å²) in [4.78, 5) is 61.4. The lowest BCUT2D eigenvalue weighted by molar-refractivity contribution is -0.169. The highest BCUT2D eigenvalue weighted by atomic mass is 16.6. The third-order valence-electron chi connectivity index (χ3n) is 8.79. The van der Waals surface area contributed by atoms with E-state index in [4.69, 9.17) is 24.4 Å². The molecule has 0 radical (unpaired) electrons. The Labute approximate surface area is 239 Å². The summed E-state index contributed by atoms with van der Waals surface area (Å²) in [6, 6.07) is 1.46. The van der Waals surface area contributed by atoms with Crippen molar-refractivity contribution in [2.45, 2.75) is 80.8 Å². The minimum absolute atomic E-state index is 0.0681. The van der Waals surface area contributed by atoms with E-state index >= 15 is 0 Å². The molecule has 2 bridgehead atoms. The van der Waals surface area contributed by atoms with Crippen LogP contribution in [0.3, 0.4) is 0 Å². The molecule has 1 aromatic carbocycles. The van der Waals surface area contributed by atoms with Crippen molar-refractivity contribution in [1.82, 2.24) is 10.2 Å². The summed E-state index contributed by atoms with van der Waals surface area (Å²) in [5.74, 6) is -5.35. The van der Waals surface area contributed by atoms with E-state index in [1.807, 2.05) is 18.4 Å². The molecule has 0 unspecified atom stereocenters. The fourth-order valence-corrected chi connectivity index (χ4v) is 6.80. The maximum atomic E-state index is 12.8. The van der Waals surface area contributed by atoms with Crippen LogP contribution in [0.2, 0.25) is 0 Å². The van der Waals surface area contributed by atoms with Gasteiger partial charge in [-0.05, 0) is 51.1 Å². The normalized spacial score (nSPS) is 28.3. The SMILES string of the molecule is C[C@H](OC(=O)CCC(=O)OC1=CC[C@@]2(O)[C@@H]3Cc4ccc(O)c5c4[C@@]2(CCN3C)[C@H]1O5)C(=O)N[C@H](CC(=O)O)C(=O)O. The van der Waals surface area contributed by atoms with Gasteiger partial charge >= 0.3 is 23.9 Å². The lowest BCUT2D eigenvalue weighted by Gasteiger charge is -2.61. The lowest BCUT2D eigenvalue weighted by atomic mass is 9.50. The molecule has 1 aromatic rings. The molecule has 1 spiro atoms. The first-order valence-electron chi connectivity index (χ1n) is 13.6. The van der Waals surface area contributed by atoms with Gasteiger partial charge < -0.3 is 44.9 Å². The van der Waals surface area contributed by atoms with E-state index in [0.29, 0.717) is 19.4 Å². The number of carboxylic acid groups (broad SMARTS) is 2. The van der Waals surface area contributed by atoms with Gasteiger partial charge in [-0.1, -0.05) is 6.07 Å². The minimum Gasteiger partial charge on any atom is -0.504 e. The lowest BCUT2D eigenvalue weighted by Crippen LogP contribution is -2.74. The minimum atomic E-state index is -1.71. The van der Waals surface area contributed by atoms with Gasteiger partial charge in [0.15, 0.2) is 23.7 Å². The summed E-state index contributed by atoms with van der Waals surface area (Å²) < 4.78 is 16.8. The van der Waals surface area contributed by atoms with Crippen molar-refractivity contribution >= 4 is 29.8 Å². The van der Waals surface area contributed by atoms with Crippen LogP contribution < -0.4 is 10.1 Å². The number of carbonyl (C=O) groups is 5. The van der Waals surface area contributed by atoms with Crippen molar-refractivity contribution in [3.05, 3.63) is 35.1 Å². The fourth-order valence-electron chi connectivity index (χ4n) is 6.80. The van der Waals surface area contributed by atoms with E-state index in [2.05, 4.69) is 4.90 Å². The zero-order chi connectivity index (χ0) is 30.6. The fraction of sp³-hybridized carbons (Fsp3) is 0.536. The average molecular weight is 589 g/mol. The zero-order valence-electron chi connectivity index (χ0n) is 23.0. The highest BCUT2D eigenvalue weighted by Crippen LogP contribution is 2.65. The van der Waals surface area contributed by atoms with Crippen molar-refractivity contribution in [2.75, 3.05) is 13.6 Å². The van der Waals surface area contributed by atoms with Crippen molar-refractivity contribution in [3.63, 3.8) is 0 Å². The maximum absolute atomic E-state index is 12.8. The van der Waals surface area contributed by atoms with Crippen LogP contribution in [0.25, 0.3) is 0 Å². The molecular formula is C28H32N2O12. The summed E-state index contributed by atoms with van der Waals surface area (Å²) in [5.41, 5.74) is -0.466. The largest absolute Gasteiger partial charge is 0.504 e. The number of likely N-dealkylation sites (tertiary alicyclic amines) is 1. The van der Waals surface area contributed by atoms with Gasteiger partial charge in [-0.2, -0.15) is 0 Å². The smallest absolute Gasteiger partial charge is 0.326 e. The number of aliphatic hydroxyl groups is 1. The third kappa shape index (κ3) is 4.64. The number of ether oxygens (including phenoxy) is 3. The number of hydrogen-bond donors (Lipinski definition) is 5. The molecule has 0 aromatic heterocycles. The highest BCUT2D eigenvalue weighted by Gasteiger charge is 2.72. The number of nitrogens with zero attached hydrogens (tertiary/aromatic N) is 1. The standard InChI is InChI=1S/C28H32N2O12/c1-13(25(36)29-15(26(37)38)12-19(32)33)40-20(34)5-6-21(35)41-17-7-8-28(39)18-11-14-3-4-16(31)23-22(14)27(28,24(17)42-23)9-10-30(18)2/h3-4,7,13,15,18,24,31,39H,5-6,8-12H2,1-2H3,(H,29,36)(H,32,33)(H,37,38)/t13-,15+,18-,24-,27-,28+/m0/s1. The van der Waals surface area contributed by atoms with Gasteiger partial charge in [-0.15, -0.1) is 0 Å². The molecule has 1 amide bonds. The number of phenolic OH excluding ortho intramolecular Hbond substituents is 1. The summed E-state index contributed by atoms with van der Waals surface area (Å²) in [6.07, 6.45) is -1.18. The Hall–Kier alpha value is -4.17. The van der Waals surface area contributed by atoms with Crippen molar-refractivity contribution < 1.29 is 58.6 Å². The number of aromatic hydroxyl groups is 1. The zero-order valence-corrected chi connectivity index (χ0v) is 23.0. The Kier molecular flexibility index (Phi) is 7.39. The van der Waals surface area contributed by atoms with E-state index in [9.17, 15) is 34.2 Å². The quantitative estimate of drug-likeness (QED) is 0.228. The summed E-state index contributed by atoms with van der Waals surface area (Å²) in [7, 11) is 1.95. The molecule has 6 atom stereocenters. The molecule has 2 heterocycles. The predicted octanol–water partition coefficient (Wildman–Crippen LogP) is -0.0309. The summed E-state index contributed by atoms with van der Waals surface area (Å²) in [6.45, 7) is 1.83. The number of likely N-dealkylation sites (N-methyl/N-ethyl adjacent to an activating group) is 1. The number of carboxylic acids is 2. The first kappa shape index (κ1) is 29.3. The molecule has 5 rings (SSSR count). The van der Waals surface area contributed by atoms with Crippen LogP contribution in [0.15, 0.2) is 24.0 Å². The third-order valence-corrected chi connectivity index (χ3v) is 8.79. The van der Waals surface area contributed by atoms with E-state index in [1.165, 1.54) is 6.92 Å².